The number of anilines is 3. The van der Waals surface area contributed by atoms with Crippen LogP contribution in [0.2, 0.25) is 0 Å². The topological polar surface area (TPSA) is 55.9 Å². The maximum atomic E-state index is 13.2. The Bertz CT molecular complexity index is 905. The molecule has 0 unspecified atom stereocenters. The molecule has 1 N–H and O–H groups in total. The minimum atomic E-state index is -0.167. The summed E-state index contributed by atoms with van der Waals surface area (Å²) in [7, 11) is 0. The summed E-state index contributed by atoms with van der Waals surface area (Å²) in [5.74, 6) is -0.00196. The van der Waals surface area contributed by atoms with Crippen molar-refractivity contribution < 1.29 is 9.59 Å². The Labute approximate surface area is 172 Å². The highest BCUT2D eigenvalue weighted by molar-refractivity contribution is 6.04. The largest absolute Gasteiger partial charge is 0.369 e. The van der Waals surface area contributed by atoms with Gasteiger partial charge in [0.2, 0.25) is 11.8 Å². The van der Waals surface area contributed by atoms with Crippen LogP contribution in [-0.4, -0.2) is 55.5 Å². The molecular formula is C23H28N4O2. The van der Waals surface area contributed by atoms with E-state index in [-0.39, 0.29) is 17.9 Å². The number of nitrogens with one attached hydrogen (secondary N) is 1. The van der Waals surface area contributed by atoms with E-state index < -0.39 is 0 Å². The van der Waals surface area contributed by atoms with Gasteiger partial charge in [0.1, 0.15) is 0 Å². The van der Waals surface area contributed by atoms with Crippen molar-refractivity contribution in [1.82, 2.24) is 4.90 Å². The second-order valence-corrected chi connectivity index (χ2v) is 7.93. The van der Waals surface area contributed by atoms with Crippen LogP contribution in [0.15, 0.2) is 48.5 Å². The van der Waals surface area contributed by atoms with E-state index in [0.29, 0.717) is 18.7 Å². The van der Waals surface area contributed by atoms with Crippen LogP contribution < -0.4 is 15.1 Å². The number of para-hydroxylation sites is 3. The molecule has 0 spiro atoms. The average Bonchev–Trinajstić information content (AvgIpc) is 2.83. The summed E-state index contributed by atoms with van der Waals surface area (Å²) in [6, 6.07) is 15.8. The molecule has 1 saturated heterocycles. The molecule has 0 aliphatic carbocycles. The maximum absolute atomic E-state index is 13.2. The van der Waals surface area contributed by atoms with Gasteiger partial charge in [-0.05, 0) is 37.6 Å². The van der Waals surface area contributed by atoms with E-state index >= 15 is 0 Å². The summed E-state index contributed by atoms with van der Waals surface area (Å²) in [4.78, 5) is 31.8. The first kappa shape index (κ1) is 19.5. The molecule has 2 aromatic rings. The van der Waals surface area contributed by atoms with Crippen LogP contribution in [0.3, 0.4) is 0 Å². The second kappa shape index (κ2) is 8.25. The third-order valence-corrected chi connectivity index (χ3v) is 5.82. The fraction of sp³-hybridized carbons (Fsp3) is 0.391. The number of aryl methyl sites for hydroxylation is 1. The molecule has 29 heavy (non-hydrogen) atoms. The van der Waals surface area contributed by atoms with Gasteiger partial charge in [0.05, 0.1) is 17.9 Å². The molecule has 1 atom stereocenters. The highest BCUT2D eigenvalue weighted by Gasteiger charge is 2.31. The van der Waals surface area contributed by atoms with Crippen LogP contribution in [0.5, 0.6) is 0 Å². The third-order valence-electron chi connectivity index (χ3n) is 5.82. The summed E-state index contributed by atoms with van der Waals surface area (Å²) in [5, 5.41) is 2.92. The van der Waals surface area contributed by atoms with Gasteiger partial charge in [0.25, 0.3) is 0 Å². The van der Waals surface area contributed by atoms with E-state index in [2.05, 4.69) is 46.3 Å². The van der Waals surface area contributed by atoms with E-state index in [1.807, 2.05) is 31.2 Å². The summed E-state index contributed by atoms with van der Waals surface area (Å²) in [6.45, 7) is 7.96. The standard InChI is InChI=1S/C23H28N4O2/c1-17-7-3-5-9-20(17)26-13-11-25(12-14-26)16-23(29)27-18(2)15-22(28)24-19-8-4-6-10-21(19)27/h3-10,18H,11-16H2,1-2H3,(H,24,28)/t18-/m1/s1. The predicted molar refractivity (Wildman–Crippen MR) is 116 cm³/mol. The number of hydrogen-bond donors (Lipinski definition) is 1. The summed E-state index contributed by atoms with van der Waals surface area (Å²) in [5.41, 5.74) is 4.05. The Hall–Kier alpha value is -2.86. The molecule has 6 nitrogen and oxygen atoms in total. The van der Waals surface area contributed by atoms with Gasteiger partial charge < -0.3 is 15.1 Å². The Kier molecular flexibility index (Phi) is 5.53. The Morgan fingerprint density at radius 2 is 1.66 bits per heavy atom. The maximum Gasteiger partial charge on any atom is 0.241 e. The average molecular weight is 393 g/mol. The molecule has 152 valence electrons. The van der Waals surface area contributed by atoms with Crippen molar-refractivity contribution >= 4 is 28.9 Å². The molecule has 0 bridgehead atoms. The summed E-state index contributed by atoms with van der Waals surface area (Å²) < 4.78 is 0. The number of hydrogen-bond acceptors (Lipinski definition) is 4. The van der Waals surface area contributed by atoms with Crippen molar-refractivity contribution in [3.8, 4) is 0 Å². The first-order valence-corrected chi connectivity index (χ1v) is 10.3. The number of amides is 2. The molecular weight excluding hydrogens is 364 g/mol. The molecule has 2 heterocycles. The minimum Gasteiger partial charge on any atom is -0.369 e. The van der Waals surface area contributed by atoms with Crippen LogP contribution in [-0.2, 0) is 9.59 Å². The molecule has 1 fully saturated rings. The number of piperazine rings is 1. The summed E-state index contributed by atoms with van der Waals surface area (Å²) >= 11 is 0. The first-order chi connectivity index (χ1) is 14.0. The lowest BCUT2D eigenvalue weighted by Crippen LogP contribution is -2.51. The smallest absolute Gasteiger partial charge is 0.241 e. The van der Waals surface area contributed by atoms with Crippen molar-refractivity contribution in [1.29, 1.82) is 0 Å². The number of carbonyl (C=O) groups excluding carboxylic acids is 2. The lowest BCUT2D eigenvalue weighted by Gasteiger charge is -2.37. The van der Waals surface area contributed by atoms with Crippen LogP contribution in [0.25, 0.3) is 0 Å². The van der Waals surface area contributed by atoms with E-state index in [4.69, 9.17) is 0 Å². The number of carbonyl (C=O) groups is 2. The fourth-order valence-corrected chi connectivity index (χ4v) is 4.30. The van der Waals surface area contributed by atoms with Gasteiger partial charge in [0, 0.05) is 44.3 Å². The number of fused-ring (bicyclic) bond motifs is 1. The molecule has 0 radical (unpaired) electrons. The van der Waals surface area contributed by atoms with Crippen molar-refractivity contribution in [3.63, 3.8) is 0 Å². The minimum absolute atomic E-state index is 0.0470. The third kappa shape index (κ3) is 4.12. The van der Waals surface area contributed by atoms with E-state index in [0.717, 1.165) is 31.9 Å². The quantitative estimate of drug-likeness (QED) is 0.873. The molecule has 4 rings (SSSR count). The molecule has 0 saturated carbocycles. The SMILES string of the molecule is Cc1ccccc1N1CCN(CC(=O)N2c3ccccc3NC(=O)C[C@H]2C)CC1. The zero-order chi connectivity index (χ0) is 20.4. The highest BCUT2D eigenvalue weighted by Crippen LogP contribution is 2.31. The van der Waals surface area contributed by atoms with Gasteiger partial charge >= 0.3 is 0 Å². The van der Waals surface area contributed by atoms with Crippen LogP contribution in [0, 0.1) is 6.92 Å². The lowest BCUT2D eigenvalue weighted by molar-refractivity contribution is -0.120. The van der Waals surface area contributed by atoms with Crippen molar-refractivity contribution in [2.24, 2.45) is 0 Å². The van der Waals surface area contributed by atoms with E-state index in [1.165, 1.54) is 11.3 Å². The summed E-state index contributed by atoms with van der Waals surface area (Å²) in [6.07, 6.45) is 0.307. The van der Waals surface area contributed by atoms with Crippen molar-refractivity contribution in [2.45, 2.75) is 26.3 Å². The molecule has 0 aromatic heterocycles. The molecule has 6 heteroatoms. The predicted octanol–water partition coefficient (Wildman–Crippen LogP) is 2.88. The van der Waals surface area contributed by atoms with Gasteiger partial charge in [-0.25, -0.2) is 0 Å². The number of nitrogens with zero attached hydrogens (tertiary/aromatic N) is 3. The molecule has 2 aliphatic rings. The zero-order valence-corrected chi connectivity index (χ0v) is 17.1. The van der Waals surface area contributed by atoms with Crippen LogP contribution in [0.4, 0.5) is 17.1 Å². The number of rotatable bonds is 3. The van der Waals surface area contributed by atoms with Gasteiger partial charge in [0.15, 0.2) is 0 Å². The first-order valence-electron chi connectivity index (χ1n) is 10.3. The molecule has 2 aliphatic heterocycles. The monoisotopic (exact) mass is 392 g/mol. The Morgan fingerprint density at radius 3 is 2.38 bits per heavy atom. The fourth-order valence-electron chi connectivity index (χ4n) is 4.30. The van der Waals surface area contributed by atoms with Crippen molar-refractivity contribution in [2.75, 3.05) is 47.8 Å². The normalized spacial score (nSPS) is 20.1. The van der Waals surface area contributed by atoms with E-state index in [1.54, 1.807) is 4.90 Å². The zero-order valence-electron chi connectivity index (χ0n) is 17.1. The van der Waals surface area contributed by atoms with Crippen LogP contribution in [0.1, 0.15) is 18.9 Å². The second-order valence-electron chi connectivity index (χ2n) is 7.93. The van der Waals surface area contributed by atoms with Crippen LogP contribution >= 0.6 is 0 Å². The highest BCUT2D eigenvalue weighted by atomic mass is 16.2. The number of benzene rings is 2. The van der Waals surface area contributed by atoms with E-state index in [9.17, 15) is 9.59 Å². The van der Waals surface area contributed by atoms with Gasteiger partial charge in [-0.1, -0.05) is 30.3 Å². The molecule has 2 aromatic carbocycles. The Morgan fingerprint density at radius 1 is 1.00 bits per heavy atom. The molecule has 2 amide bonds. The van der Waals surface area contributed by atoms with Gasteiger partial charge in [-0.2, -0.15) is 0 Å². The Balaban J connectivity index is 1.43. The van der Waals surface area contributed by atoms with Gasteiger partial charge in [-0.15, -0.1) is 0 Å². The van der Waals surface area contributed by atoms with Gasteiger partial charge in [-0.3, -0.25) is 14.5 Å². The van der Waals surface area contributed by atoms with Crippen molar-refractivity contribution in [3.05, 3.63) is 54.1 Å². The lowest BCUT2D eigenvalue weighted by atomic mass is 10.1.